The Morgan fingerprint density at radius 3 is 2.65 bits per heavy atom. The Kier molecular flexibility index (Phi) is 5.44. The SMILES string of the molecule is CCNC(C)(CCN1CCC2CCCCC2C1)C(N)=O. The number of fused-ring (bicyclic) bond motifs is 1. The van der Waals surface area contributed by atoms with Crippen LogP contribution in [0.3, 0.4) is 0 Å². The van der Waals surface area contributed by atoms with Gasteiger partial charge in [0.25, 0.3) is 0 Å². The zero-order valence-corrected chi connectivity index (χ0v) is 13.2. The maximum Gasteiger partial charge on any atom is 0.237 e. The maximum absolute atomic E-state index is 11.7. The summed E-state index contributed by atoms with van der Waals surface area (Å²) in [6.45, 7) is 8.15. The van der Waals surface area contributed by atoms with Crippen LogP contribution >= 0.6 is 0 Å². The van der Waals surface area contributed by atoms with E-state index in [0.29, 0.717) is 0 Å². The number of carbonyl (C=O) groups excluding carboxylic acids is 1. The molecule has 2 aliphatic rings. The van der Waals surface area contributed by atoms with E-state index >= 15 is 0 Å². The van der Waals surface area contributed by atoms with Crippen LogP contribution in [0.5, 0.6) is 0 Å². The van der Waals surface area contributed by atoms with E-state index in [4.69, 9.17) is 5.73 Å². The fourth-order valence-corrected chi connectivity index (χ4v) is 3.95. The molecule has 1 saturated heterocycles. The molecule has 0 spiro atoms. The monoisotopic (exact) mass is 281 g/mol. The number of primary amides is 1. The third-order valence-electron chi connectivity index (χ3n) is 5.41. The summed E-state index contributed by atoms with van der Waals surface area (Å²) >= 11 is 0. The minimum atomic E-state index is -0.557. The van der Waals surface area contributed by atoms with Crippen LogP contribution in [0.2, 0.25) is 0 Å². The first-order valence-corrected chi connectivity index (χ1v) is 8.32. The van der Waals surface area contributed by atoms with Crippen LogP contribution < -0.4 is 11.1 Å². The molecule has 0 aromatic carbocycles. The molecule has 2 fully saturated rings. The largest absolute Gasteiger partial charge is 0.368 e. The highest BCUT2D eigenvalue weighted by molar-refractivity contribution is 5.84. The lowest BCUT2D eigenvalue weighted by Gasteiger charge is -2.42. The third kappa shape index (κ3) is 3.73. The number of likely N-dealkylation sites (N-methyl/N-ethyl adjacent to an activating group) is 1. The van der Waals surface area contributed by atoms with Crippen LogP contribution in [0.4, 0.5) is 0 Å². The molecule has 0 bridgehead atoms. The standard InChI is InChI=1S/C16H31N3O/c1-3-18-16(2,15(17)20)9-11-19-10-8-13-6-4-5-7-14(13)12-19/h13-14,18H,3-12H2,1-2H3,(H2,17,20). The Morgan fingerprint density at radius 2 is 2.00 bits per heavy atom. The van der Waals surface area contributed by atoms with Gasteiger partial charge in [-0.1, -0.05) is 26.2 Å². The molecule has 1 heterocycles. The van der Waals surface area contributed by atoms with Gasteiger partial charge in [-0.2, -0.15) is 0 Å². The van der Waals surface area contributed by atoms with Gasteiger partial charge in [-0.3, -0.25) is 4.79 Å². The first-order chi connectivity index (χ1) is 9.55. The second-order valence-electron chi connectivity index (χ2n) is 6.87. The normalized spacial score (nSPS) is 30.5. The van der Waals surface area contributed by atoms with Gasteiger partial charge in [0, 0.05) is 13.1 Å². The first kappa shape index (κ1) is 15.8. The molecule has 4 heteroatoms. The smallest absolute Gasteiger partial charge is 0.237 e. The first-order valence-electron chi connectivity index (χ1n) is 8.32. The lowest BCUT2D eigenvalue weighted by atomic mass is 9.75. The number of amides is 1. The summed E-state index contributed by atoms with van der Waals surface area (Å²) in [5.41, 5.74) is 5.00. The number of hydrogen-bond donors (Lipinski definition) is 2. The van der Waals surface area contributed by atoms with Crippen LogP contribution in [0.25, 0.3) is 0 Å². The van der Waals surface area contributed by atoms with Crippen molar-refractivity contribution in [3.05, 3.63) is 0 Å². The molecule has 1 aliphatic carbocycles. The van der Waals surface area contributed by atoms with Crippen molar-refractivity contribution in [1.82, 2.24) is 10.2 Å². The van der Waals surface area contributed by atoms with Crippen molar-refractivity contribution < 1.29 is 4.79 Å². The Labute approximate surface area is 123 Å². The van der Waals surface area contributed by atoms with Crippen LogP contribution in [-0.2, 0) is 4.79 Å². The lowest BCUT2D eigenvalue weighted by molar-refractivity contribution is -0.124. The maximum atomic E-state index is 11.7. The van der Waals surface area contributed by atoms with Crippen LogP contribution in [0.15, 0.2) is 0 Å². The molecular formula is C16H31N3O. The Hall–Kier alpha value is -0.610. The summed E-state index contributed by atoms with van der Waals surface area (Å²) in [4.78, 5) is 14.2. The molecule has 1 saturated carbocycles. The van der Waals surface area contributed by atoms with E-state index in [1.54, 1.807) is 0 Å². The van der Waals surface area contributed by atoms with Gasteiger partial charge in [-0.05, 0) is 51.1 Å². The molecule has 1 aliphatic heterocycles. The summed E-state index contributed by atoms with van der Waals surface area (Å²) < 4.78 is 0. The number of likely N-dealkylation sites (tertiary alicyclic amines) is 1. The average Bonchev–Trinajstić information content (AvgIpc) is 2.45. The van der Waals surface area contributed by atoms with Crippen molar-refractivity contribution in [3.63, 3.8) is 0 Å². The second-order valence-corrected chi connectivity index (χ2v) is 6.87. The third-order valence-corrected chi connectivity index (χ3v) is 5.41. The molecule has 0 radical (unpaired) electrons. The second kappa shape index (κ2) is 6.90. The minimum Gasteiger partial charge on any atom is -0.368 e. The molecule has 1 amide bonds. The van der Waals surface area contributed by atoms with Crippen molar-refractivity contribution in [2.75, 3.05) is 26.2 Å². The van der Waals surface area contributed by atoms with E-state index in [9.17, 15) is 4.79 Å². The topological polar surface area (TPSA) is 58.4 Å². The molecule has 3 unspecified atom stereocenters. The van der Waals surface area contributed by atoms with Gasteiger partial charge < -0.3 is 16.0 Å². The van der Waals surface area contributed by atoms with Gasteiger partial charge in [0.15, 0.2) is 0 Å². The molecule has 0 aromatic heterocycles. The number of carbonyl (C=O) groups is 1. The number of nitrogens with one attached hydrogen (secondary N) is 1. The summed E-state index contributed by atoms with van der Waals surface area (Å²) in [6.07, 6.45) is 7.84. The average molecular weight is 281 g/mol. The highest BCUT2D eigenvalue weighted by Gasteiger charge is 2.34. The summed E-state index contributed by atoms with van der Waals surface area (Å²) in [5, 5.41) is 3.25. The Morgan fingerprint density at radius 1 is 1.30 bits per heavy atom. The molecule has 0 aromatic rings. The van der Waals surface area contributed by atoms with E-state index in [-0.39, 0.29) is 5.91 Å². The Balaban J connectivity index is 1.83. The van der Waals surface area contributed by atoms with Gasteiger partial charge in [-0.25, -0.2) is 0 Å². The summed E-state index contributed by atoms with van der Waals surface area (Å²) in [5.74, 6) is 1.64. The number of nitrogens with two attached hydrogens (primary N) is 1. The molecule has 3 N–H and O–H groups in total. The molecule has 20 heavy (non-hydrogen) atoms. The predicted octanol–water partition coefficient (Wildman–Crippen LogP) is 1.74. The number of piperidine rings is 1. The van der Waals surface area contributed by atoms with Gasteiger partial charge in [0.2, 0.25) is 5.91 Å². The number of rotatable bonds is 6. The van der Waals surface area contributed by atoms with E-state index < -0.39 is 5.54 Å². The molecule has 116 valence electrons. The van der Waals surface area contributed by atoms with Crippen molar-refractivity contribution in [1.29, 1.82) is 0 Å². The van der Waals surface area contributed by atoms with E-state index in [1.165, 1.54) is 45.2 Å². The molecule has 2 rings (SSSR count). The van der Waals surface area contributed by atoms with Crippen molar-refractivity contribution in [2.45, 2.75) is 57.9 Å². The quantitative estimate of drug-likeness (QED) is 0.780. The fraction of sp³-hybridized carbons (Fsp3) is 0.938. The zero-order chi connectivity index (χ0) is 14.6. The summed E-state index contributed by atoms with van der Waals surface area (Å²) in [7, 11) is 0. The van der Waals surface area contributed by atoms with Crippen LogP contribution in [0.1, 0.15) is 52.4 Å². The Bertz CT molecular complexity index is 334. The van der Waals surface area contributed by atoms with Crippen LogP contribution in [0, 0.1) is 11.8 Å². The lowest BCUT2D eigenvalue weighted by Crippen LogP contribution is -2.55. The molecule has 4 nitrogen and oxygen atoms in total. The highest BCUT2D eigenvalue weighted by Crippen LogP contribution is 2.36. The van der Waals surface area contributed by atoms with E-state index in [2.05, 4.69) is 10.2 Å². The van der Waals surface area contributed by atoms with Crippen LogP contribution in [-0.4, -0.2) is 42.5 Å². The van der Waals surface area contributed by atoms with Gasteiger partial charge in [-0.15, -0.1) is 0 Å². The predicted molar refractivity (Wildman–Crippen MR) is 82.4 cm³/mol. The van der Waals surface area contributed by atoms with Crippen molar-refractivity contribution >= 4 is 5.91 Å². The van der Waals surface area contributed by atoms with Gasteiger partial charge in [0.05, 0.1) is 5.54 Å². The highest BCUT2D eigenvalue weighted by atomic mass is 16.1. The minimum absolute atomic E-state index is 0.230. The molecule has 3 atom stereocenters. The van der Waals surface area contributed by atoms with E-state index in [0.717, 1.165) is 31.3 Å². The summed E-state index contributed by atoms with van der Waals surface area (Å²) in [6, 6.07) is 0. The fourth-order valence-electron chi connectivity index (χ4n) is 3.95. The number of hydrogen-bond acceptors (Lipinski definition) is 3. The molecular weight excluding hydrogens is 250 g/mol. The van der Waals surface area contributed by atoms with E-state index in [1.807, 2.05) is 13.8 Å². The number of nitrogens with zero attached hydrogens (tertiary/aromatic N) is 1. The zero-order valence-electron chi connectivity index (χ0n) is 13.2. The van der Waals surface area contributed by atoms with Crippen molar-refractivity contribution in [2.24, 2.45) is 17.6 Å². The van der Waals surface area contributed by atoms with Gasteiger partial charge >= 0.3 is 0 Å². The van der Waals surface area contributed by atoms with Crippen molar-refractivity contribution in [3.8, 4) is 0 Å². The van der Waals surface area contributed by atoms with Gasteiger partial charge in [0.1, 0.15) is 0 Å².